The second kappa shape index (κ2) is 5.43. The molecule has 1 aliphatic carbocycles. The van der Waals surface area contributed by atoms with Crippen molar-refractivity contribution in [2.45, 2.75) is 19.3 Å². The van der Waals surface area contributed by atoms with Crippen molar-refractivity contribution in [2.75, 3.05) is 0 Å². The Morgan fingerprint density at radius 2 is 2.04 bits per heavy atom. The summed E-state index contributed by atoms with van der Waals surface area (Å²) in [6, 6.07) is 9.67. The van der Waals surface area contributed by atoms with Crippen molar-refractivity contribution < 1.29 is 13.6 Å². The first-order chi connectivity index (χ1) is 11.2. The molecule has 4 nitrogen and oxygen atoms in total. The molecule has 0 fully saturated rings. The van der Waals surface area contributed by atoms with Crippen LogP contribution in [-0.2, 0) is 6.42 Å². The number of oxazole rings is 1. The molecule has 0 spiro atoms. The molecule has 2 heterocycles. The van der Waals surface area contributed by atoms with Crippen molar-refractivity contribution in [3.05, 3.63) is 59.7 Å². The lowest BCUT2D eigenvalue weighted by Crippen LogP contribution is -2.12. The van der Waals surface area contributed by atoms with E-state index in [0.29, 0.717) is 34.9 Å². The second-order valence-corrected chi connectivity index (χ2v) is 5.51. The normalized spacial score (nSPS) is 13.9. The molecule has 0 amide bonds. The minimum absolute atomic E-state index is 0.137. The van der Waals surface area contributed by atoms with E-state index in [1.807, 2.05) is 0 Å². The number of hydrogen-bond acceptors (Lipinski definition) is 4. The summed E-state index contributed by atoms with van der Waals surface area (Å²) in [5.74, 6) is 0.657. The first-order valence-electron chi connectivity index (χ1n) is 7.46. The molecule has 1 aliphatic rings. The quantitative estimate of drug-likeness (QED) is 0.716. The molecule has 0 bridgehead atoms. The van der Waals surface area contributed by atoms with Crippen molar-refractivity contribution in [1.29, 1.82) is 0 Å². The summed E-state index contributed by atoms with van der Waals surface area (Å²) < 4.78 is 19.0. The van der Waals surface area contributed by atoms with Gasteiger partial charge in [0.15, 0.2) is 11.5 Å². The van der Waals surface area contributed by atoms with Gasteiger partial charge in [0.25, 0.3) is 0 Å². The Kier molecular flexibility index (Phi) is 3.26. The highest BCUT2D eigenvalue weighted by Crippen LogP contribution is 2.27. The number of halogens is 1. The number of nitrogens with zero attached hydrogens (tertiary/aromatic N) is 2. The molecule has 23 heavy (non-hydrogen) atoms. The zero-order valence-corrected chi connectivity index (χ0v) is 12.3. The van der Waals surface area contributed by atoms with Gasteiger partial charge >= 0.3 is 0 Å². The number of pyridine rings is 1. The van der Waals surface area contributed by atoms with Crippen molar-refractivity contribution in [2.24, 2.45) is 0 Å². The minimum atomic E-state index is -0.328. The molecular weight excluding hydrogens is 295 g/mol. The van der Waals surface area contributed by atoms with Crippen LogP contribution in [0.2, 0.25) is 0 Å². The van der Waals surface area contributed by atoms with Gasteiger partial charge in [-0.1, -0.05) is 12.1 Å². The first kappa shape index (κ1) is 13.8. The molecule has 5 heteroatoms. The zero-order chi connectivity index (χ0) is 15.8. The van der Waals surface area contributed by atoms with Crippen LogP contribution in [0.4, 0.5) is 4.39 Å². The van der Waals surface area contributed by atoms with Gasteiger partial charge in [-0.25, -0.2) is 14.4 Å². The molecular formula is C18H13FN2O2. The van der Waals surface area contributed by atoms with Crippen molar-refractivity contribution >= 4 is 5.78 Å². The fourth-order valence-corrected chi connectivity index (χ4v) is 2.78. The maximum Gasteiger partial charge on any atom is 0.245 e. The van der Waals surface area contributed by atoms with Crippen molar-refractivity contribution in [3.63, 3.8) is 0 Å². The van der Waals surface area contributed by atoms with Crippen LogP contribution in [0.15, 0.2) is 47.0 Å². The maximum absolute atomic E-state index is 13.3. The van der Waals surface area contributed by atoms with Crippen LogP contribution in [0.3, 0.4) is 0 Å². The summed E-state index contributed by atoms with van der Waals surface area (Å²) in [7, 11) is 0. The molecule has 2 aromatic heterocycles. The number of aryl methyl sites for hydroxylation is 1. The van der Waals surface area contributed by atoms with Crippen LogP contribution in [0.1, 0.15) is 28.9 Å². The topological polar surface area (TPSA) is 56.0 Å². The molecule has 0 radical (unpaired) electrons. The fourth-order valence-electron chi connectivity index (χ4n) is 2.78. The number of carbonyl (C=O) groups excluding carboxylic acids is 1. The Balaban J connectivity index is 1.71. The molecule has 3 aromatic rings. The van der Waals surface area contributed by atoms with Gasteiger partial charge in [-0.15, -0.1) is 0 Å². The molecule has 0 unspecified atom stereocenters. The monoisotopic (exact) mass is 308 g/mol. The summed E-state index contributed by atoms with van der Waals surface area (Å²) in [6.07, 6.45) is 3.74. The summed E-state index contributed by atoms with van der Waals surface area (Å²) in [5, 5.41) is 0. The van der Waals surface area contributed by atoms with E-state index in [1.54, 1.807) is 30.5 Å². The lowest BCUT2D eigenvalue weighted by molar-refractivity contribution is 0.0971. The largest absolute Gasteiger partial charge is 0.435 e. The minimum Gasteiger partial charge on any atom is -0.435 e. The molecule has 0 saturated heterocycles. The van der Waals surface area contributed by atoms with E-state index in [-0.39, 0.29) is 11.6 Å². The molecule has 1 aromatic carbocycles. The van der Waals surface area contributed by atoms with Crippen LogP contribution in [0.5, 0.6) is 0 Å². The van der Waals surface area contributed by atoms with E-state index in [2.05, 4.69) is 9.97 Å². The second-order valence-electron chi connectivity index (χ2n) is 5.51. The van der Waals surface area contributed by atoms with Gasteiger partial charge in [-0.3, -0.25) is 4.79 Å². The predicted octanol–water partition coefficient (Wildman–Crippen LogP) is 4.06. The van der Waals surface area contributed by atoms with Crippen LogP contribution in [0, 0.1) is 5.82 Å². The number of fused-ring (bicyclic) bond motifs is 1. The Morgan fingerprint density at radius 3 is 2.91 bits per heavy atom. The van der Waals surface area contributed by atoms with Gasteiger partial charge in [0.05, 0.1) is 11.9 Å². The van der Waals surface area contributed by atoms with E-state index in [0.717, 1.165) is 18.5 Å². The van der Waals surface area contributed by atoms with Crippen LogP contribution >= 0.6 is 0 Å². The SMILES string of the molecule is O=C1CCCc2nc(-c3ncc(-c4cccc(F)c4)o3)ccc21. The Morgan fingerprint density at radius 1 is 1.13 bits per heavy atom. The number of Topliss-reactive ketones (excluding diaryl/α,β-unsaturated/α-hetero) is 1. The predicted molar refractivity (Wildman–Crippen MR) is 82.4 cm³/mol. The first-order valence-corrected chi connectivity index (χ1v) is 7.46. The summed E-state index contributed by atoms with van der Waals surface area (Å²) in [6.45, 7) is 0. The van der Waals surface area contributed by atoms with E-state index < -0.39 is 0 Å². The lowest BCUT2D eigenvalue weighted by atomic mass is 9.94. The lowest BCUT2D eigenvalue weighted by Gasteiger charge is -2.13. The average molecular weight is 308 g/mol. The van der Waals surface area contributed by atoms with Crippen molar-refractivity contribution in [3.8, 4) is 22.9 Å². The van der Waals surface area contributed by atoms with E-state index in [4.69, 9.17) is 4.42 Å². The molecule has 0 aliphatic heterocycles. The van der Waals surface area contributed by atoms with Crippen LogP contribution in [0.25, 0.3) is 22.9 Å². The average Bonchev–Trinajstić information content (AvgIpc) is 3.05. The van der Waals surface area contributed by atoms with Crippen LogP contribution in [-0.4, -0.2) is 15.8 Å². The summed E-state index contributed by atoms with van der Waals surface area (Å²) >= 11 is 0. The van der Waals surface area contributed by atoms with Gasteiger partial charge in [0.2, 0.25) is 5.89 Å². The van der Waals surface area contributed by atoms with Crippen LogP contribution < -0.4 is 0 Å². The molecule has 114 valence electrons. The molecule has 0 saturated carbocycles. The summed E-state index contributed by atoms with van der Waals surface area (Å²) in [4.78, 5) is 20.6. The van der Waals surface area contributed by atoms with Gasteiger partial charge in [-0.2, -0.15) is 0 Å². The Hall–Kier alpha value is -2.82. The molecule has 0 atom stereocenters. The highest BCUT2D eigenvalue weighted by molar-refractivity contribution is 5.98. The highest BCUT2D eigenvalue weighted by atomic mass is 19.1. The van der Waals surface area contributed by atoms with E-state index >= 15 is 0 Å². The third-order valence-corrected chi connectivity index (χ3v) is 3.93. The summed E-state index contributed by atoms with van der Waals surface area (Å²) in [5.41, 5.74) is 2.69. The van der Waals surface area contributed by atoms with Gasteiger partial charge in [-0.05, 0) is 37.1 Å². The number of carbonyl (C=O) groups is 1. The third kappa shape index (κ3) is 2.54. The maximum atomic E-state index is 13.3. The highest BCUT2D eigenvalue weighted by Gasteiger charge is 2.20. The number of rotatable bonds is 2. The Bertz CT molecular complexity index is 902. The zero-order valence-electron chi connectivity index (χ0n) is 12.3. The van der Waals surface area contributed by atoms with Gasteiger partial charge < -0.3 is 4.42 Å². The number of benzene rings is 1. The van der Waals surface area contributed by atoms with E-state index in [9.17, 15) is 9.18 Å². The van der Waals surface area contributed by atoms with Gasteiger partial charge in [0, 0.05) is 17.5 Å². The van der Waals surface area contributed by atoms with Gasteiger partial charge in [0.1, 0.15) is 11.5 Å². The van der Waals surface area contributed by atoms with Crippen molar-refractivity contribution in [1.82, 2.24) is 9.97 Å². The van der Waals surface area contributed by atoms with E-state index in [1.165, 1.54) is 12.1 Å². The fraction of sp³-hybridized carbons (Fsp3) is 0.167. The number of ketones is 1. The third-order valence-electron chi connectivity index (χ3n) is 3.93. The Labute approximate surface area is 132 Å². The number of aromatic nitrogens is 2. The standard InChI is InChI=1S/C18H13FN2O2/c19-12-4-1-3-11(9-12)17-10-20-18(23-17)15-8-7-13-14(21-15)5-2-6-16(13)22/h1,3-4,7-10H,2,5-6H2. The molecule has 0 N–H and O–H groups in total. The molecule has 4 rings (SSSR count). The number of hydrogen-bond donors (Lipinski definition) is 0. The smallest absolute Gasteiger partial charge is 0.245 e.